The predicted molar refractivity (Wildman–Crippen MR) is 65.1 cm³/mol. The van der Waals surface area contributed by atoms with Crippen molar-refractivity contribution in [2.75, 3.05) is 0 Å². The molecule has 1 N–H and O–H groups in total. The molecule has 1 aromatic rings. The maximum absolute atomic E-state index is 13.2. The smallest absolute Gasteiger partial charge is 0.408 e. The summed E-state index contributed by atoms with van der Waals surface area (Å²) in [7, 11) is 0. The largest absolute Gasteiger partial charge is 0.444 e. The Morgan fingerprint density at radius 1 is 1.47 bits per heavy atom. The van der Waals surface area contributed by atoms with Gasteiger partial charge in [-0.1, -0.05) is 0 Å². The van der Waals surface area contributed by atoms with Crippen LogP contribution in [0.3, 0.4) is 0 Å². The minimum Gasteiger partial charge on any atom is -0.444 e. The molecule has 1 aliphatic rings. The normalized spacial score (nSPS) is 20.5. The number of nitrogens with zero attached hydrogens (tertiary/aromatic N) is 2. The first-order valence-corrected chi connectivity index (χ1v) is 6.66. The molecule has 0 saturated heterocycles. The van der Waals surface area contributed by atoms with Crippen LogP contribution in [0.1, 0.15) is 38.6 Å². The van der Waals surface area contributed by atoms with E-state index in [1.165, 1.54) is 5.51 Å². The molecular weight excluding hydrogens is 276 g/mol. The lowest BCUT2D eigenvalue weighted by Crippen LogP contribution is -2.60. The lowest BCUT2D eigenvalue weighted by Gasteiger charge is -2.45. The molecule has 1 heterocycles. The molecule has 1 saturated carbocycles. The summed E-state index contributed by atoms with van der Waals surface area (Å²) >= 11 is 1.14. The molecule has 0 bridgehead atoms. The molecule has 1 aliphatic carbocycles. The molecule has 0 atom stereocenters. The van der Waals surface area contributed by atoms with Crippen LogP contribution in [0.15, 0.2) is 5.51 Å². The van der Waals surface area contributed by atoms with Gasteiger partial charge in [-0.2, -0.15) is 0 Å². The maximum Gasteiger partial charge on any atom is 0.408 e. The molecule has 2 rings (SSSR count). The molecule has 1 aromatic heterocycles. The van der Waals surface area contributed by atoms with Gasteiger partial charge in [0.15, 0.2) is 0 Å². The van der Waals surface area contributed by atoms with Gasteiger partial charge in [-0.15, -0.1) is 21.5 Å². The standard InChI is InChI=1S/C11H15F2N3O2S/c1-9(2,3)18-8(17)15-10(4-11(12,13)5-10)7-16-14-6-19-7/h6H,4-5H2,1-3H3,(H,15,17). The highest BCUT2D eigenvalue weighted by atomic mass is 32.1. The third-order valence-corrected chi connectivity index (χ3v) is 3.53. The first-order chi connectivity index (χ1) is 8.62. The zero-order valence-electron chi connectivity index (χ0n) is 10.9. The molecule has 8 heteroatoms. The molecular formula is C11H15F2N3O2S. The number of carbonyl (C=O) groups excluding carboxylic acids is 1. The fourth-order valence-electron chi connectivity index (χ4n) is 2.00. The van der Waals surface area contributed by atoms with E-state index < -0.39 is 36.0 Å². The van der Waals surface area contributed by atoms with Crippen LogP contribution >= 0.6 is 11.3 Å². The number of alkyl halides is 2. The molecule has 1 fully saturated rings. The SMILES string of the molecule is CC(C)(C)OC(=O)NC1(c2nncs2)CC(F)(F)C1. The average Bonchev–Trinajstić information content (AvgIpc) is 2.62. The highest BCUT2D eigenvalue weighted by molar-refractivity contribution is 7.09. The summed E-state index contributed by atoms with van der Waals surface area (Å²) in [6.45, 7) is 5.12. The fraction of sp³-hybridized carbons (Fsp3) is 0.727. The molecule has 106 valence electrons. The molecule has 19 heavy (non-hydrogen) atoms. The van der Waals surface area contributed by atoms with Crippen LogP contribution in [-0.4, -0.2) is 27.8 Å². The van der Waals surface area contributed by atoms with Gasteiger partial charge >= 0.3 is 6.09 Å². The van der Waals surface area contributed by atoms with Crippen molar-refractivity contribution in [2.24, 2.45) is 0 Å². The lowest BCUT2D eigenvalue weighted by atomic mass is 9.74. The Labute approximate surface area is 113 Å². The van der Waals surface area contributed by atoms with Crippen molar-refractivity contribution in [1.29, 1.82) is 0 Å². The Morgan fingerprint density at radius 3 is 2.53 bits per heavy atom. The van der Waals surface area contributed by atoms with Crippen molar-refractivity contribution in [3.63, 3.8) is 0 Å². The first kappa shape index (κ1) is 14.1. The second-order valence-electron chi connectivity index (χ2n) is 5.66. The second-order valence-corrected chi connectivity index (χ2v) is 6.50. The Hall–Kier alpha value is -1.31. The van der Waals surface area contributed by atoms with Crippen LogP contribution in [0.5, 0.6) is 0 Å². The van der Waals surface area contributed by atoms with E-state index in [2.05, 4.69) is 15.5 Å². The van der Waals surface area contributed by atoms with Crippen molar-refractivity contribution in [3.8, 4) is 0 Å². The molecule has 0 unspecified atom stereocenters. The van der Waals surface area contributed by atoms with Gasteiger partial charge in [0.05, 0.1) is 0 Å². The van der Waals surface area contributed by atoms with E-state index in [1.807, 2.05) is 0 Å². The zero-order chi connectivity index (χ0) is 14.3. The molecule has 1 amide bonds. The Bertz CT molecular complexity index is 463. The van der Waals surface area contributed by atoms with Gasteiger partial charge in [0.2, 0.25) is 0 Å². The zero-order valence-corrected chi connectivity index (χ0v) is 11.7. The van der Waals surface area contributed by atoms with Gasteiger partial charge in [-0.05, 0) is 20.8 Å². The number of halogens is 2. The van der Waals surface area contributed by atoms with Gasteiger partial charge in [0, 0.05) is 12.8 Å². The number of amides is 1. The van der Waals surface area contributed by atoms with Gasteiger partial charge in [0.1, 0.15) is 21.7 Å². The van der Waals surface area contributed by atoms with E-state index in [4.69, 9.17) is 4.74 Å². The van der Waals surface area contributed by atoms with Crippen LogP contribution in [-0.2, 0) is 10.3 Å². The van der Waals surface area contributed by atoms with E-state index in [9.17, 15) is 13.6 Å². The summed E-state index contributed by atoms with van der Waals surface area (Å²) in [5, 5.41) is 10.3. The Kier molecular flexibility index (Phi) is 3.24. The van der Waals surface area contributed by atoms with E-state index in [0.717, 1.165) is 11.3 Å². The minimum atomic E-state index is -2.79. The highest BCUT2D eigenvalue weighted by Crippen LogP contribution is 2.52. The number of rotatable bonds is 2. The van der Waals surface area contributed by atoms with Gasteiger partial charge in [-0.3, -0.25) is 0 Å². The van der Waals surface area contributed by atoms with Gasteiger partial charge in [0.25, 0.3) is 5.92 Å². The molecule has 0 aliphatic heterocycles. The quantitative estimate of drug-likeness (QED) is 0.910. The van der Waals surface area contributed by atoms with Crippen LogP contribution < -0.4 is 5.32 Å². The third-order valence-electron chi connectivity index (χ3n) is 2.63. The Balaban J connectivity index is 2.11. The summed E-state index contributed by atoms with van der Waals surface area (Å²) in [5.41, 5.74) is -0.393. The predicted octanol–water partition coefficient (Wildman–Crippen LogP) is 2.69. The lowest BCUT2D eigenvalue weighted by molar-refractivity contribution is -0.136. The van der Waals surface area contributed by atoms with Crippen LogP contribution in [0, 0.1) is 0 Å². The third kappa shape index (κ3) is 3.17. The Morgan fingerprint density at radius 2 is 2.11 bits per heavy atom. The second kappa shape index (κ2) is 4.36. The maximum atomic E-state index is 13.2. The summed E-state index contributed by atoms with van der Waals surface area (Å²) in [6, 6.07) is 0. The monoisotopic (exact) mass is 291 g/mol. The number of hydrogen-bond acceptors (Lipinski definition) is 5. The topological polar surface area (TPSA) is 64.1 Å². The number of nitrogens with one attached hydrogen (secondary N) is 1. The summed E-state index contributed by atoms with van der Waals surface area (Å²) < 4.78 is 31.5. The van der Waals surface area contributed by atoms with Crippen molar-refractivity contribution in [1.82, 2.24) is 15.5 Å². The molecule has 0 aromatic carbocycles. The molecule has 0 spiro atoms. The number of ether oxygens (including phenoxy) is 1. The van der Waals surface area contributed by atoms with Gasteiger partial charge in [-0.25, -0.2) is 13.6 Å². The van der Waals surface area contributed by atoms with E-state index in [-0.39, 0.29) is 0 Å². The highest BCUT2D eigenvalue weighted by Gasteiger charge is 2.60. The molecule has 5 nitrogen and oxygen atoms in total. The average molecular weight is 291 g/mol. The van der Waals surface area contributed by atoms with Gasteiger partial charge < -0.3 is 10.1 Å². The summed E-state index contributed by atoms with van der Waals surface area (Å²) in [4.78, 5) is 11.8. The van der Waals surface area contributed by atoms with Crippen molar-refractivity contribution < 1.29 is 18.3 Å². The first-order valence-electron chi connectivity index (χ1n) is 5.78. The van der Waals surface area contributed by atoms with Crippen molar-refractivity contribution >= 4 is 17.4 Å². The van der Waals surface area contributed by atoms with Crippen molar-refractivity contribution in [2.45, 2.75) is 50.7 Å². The van der Waals surface area contributed by atoms with E-state index in [0.29, 0.717) is 5.01 Å². The van der Waals surface area contributed by atoms with Crippen LogP contribution in [0.25, 0.3) is 0 Å². The molecule has 0 radical (unpaired) electrons. The minimum absolute atomic E-state index is 0.379. The number of hydrogen-bond donors (Lipinski definition) is 1. The number of alkyl carbamates (subject to hydrolysis) is 1. The van der Waals surface area contributed by atoms with E-state index >= 15 is 0 Å². The summed E-state index contributed by atoms with van der Waals surface area (Å²) in [6.07, 6.45) is -1.68. The number of carbonyl (C=O) groups is 1. The number of aromatic nitrogens is 2. The fourth-order valence-corrected chi connectivity index (χ4v) is 2.71. The van der Waals surface area contributed by atoms with Crippen LogP contribution in [0.4, 0.5) is 13.6 Å². The van der Waals surface area contributed by atoms with Crippen molar-refractivity contribution in [3.05, 3.63) is 10.5 Å². The van der Waals surface area contributed by atoms with Crippen LogP contribution in [0.2, 0.25) is 0 Å². The van der Waals surface area contributed by atoms with E-state index in [1.54, 1.807) is 20.8 Å². The summed E-state index contributed by atoms with van der Waals surface area (Å²) in [5.74, 6) is -2.79.